The van der Waals surface area contributed by atoms with E-state index in [4.69, 9.17) is 4.74 Å². The van der Waals surface area contributed by atoms with E-state index in [1.165, 1.54) is 0 Å². The lowest BCUT2D eigenvalue weighted by atomic mass is 10.1. The van der Waals surface area contributed by atoms with Gasteiger partial charge in [-0.25, -0.2) is 4.79 Å². The predicted molar refractivity (Wildman–Crippen MR) is 81.4 cm³/mol. The van der Waals surface area contributed by atoms with Gasteiger partial charge in [-0.05, 0) is 31.9 Å². The van der Waals surface area contributed by atoms with Gasteiger partial charge in [-0.15, -0.1) is 0 Å². The Kier molecular flexibility index (Phi) is 5.52. The third-order valence-electron chi connectivity index (χ3n) is 3.57. The minimum Gasteiger partial charge on any atom is -0.462 e. The van der Waals surface area contributed by atoms with Gasteiger partial charge >= 0.3 is 17.8 Å². The SMILES string of the molecule is CCOC(=O)c1ccccc1NC(=O)C(=O)NC1CCCC1. The molecule has 118 valence electrons. The molecule has 0 radical (unpaired) electrons. The van der Waals surface area contributed by atoms with E-state index < -0.39 is 17.8 Å². The van der Waals surface area contributed by atoms with E-state index in [2.05, 4.69) is 10.6 Å². The second-order valence-electron chi connectivity index (χ2n) is 5.18. The molecule has 0 saturated heterocycles. The zero-order valence-corrected chi connectivity index (χ0v) is 12.6. The number of hydrogen-bond donors (Lipinski definition) is 2. The first-order valence-corrected chi connectivity index (χ1v) is 7.49. The second-order valence-corrected chi connectivity index (χ2v) is 5.18. The van der Waals surface area contributed by atoms with Gasteiger partial charge in [0.05, 0.1) is 17.9 Å². The number of amides is 2. The van der Waals surface area contributed by atoms with Gasteiger partial charge in [-0.2, -0.15) is 0 Å². The van der Waals surface area contributed by atoms with Gasteiger partial charge < -0.3 is 15.4 Å². The molecule has 0 atom stereocenters. The molecule has 6 heteroatoms. The van der Waals surface area contributed by atoms with Crippen LogP contribution in [0.2, 0.25) is 0 Å². The Morgan fingerprint density at radius 2 is 1.82 bits per heavy atom. The number of carbonyl (C=O) groups is 3. The molecule has 1 aromatic rings. The number of para-hydroxylation sites is 1. The number of hydrogen-bond acceptors (Lipinski definition) is 4. The van der Waals surface area contributed by atoms with Gasteiger partial charge in [-0.1, -0.05) is 25.0 Å². The fraction of sp³-hybridized carbons (Fsp3) is 0.438. The summed E-state index contributed by atoms with van der Waals surface area (Å²) in [7, 11) is 0. The molecule has 2 N–H and O–H groups in total. The number of esters is 1. The first kappa shape index (κ1) is 16.0. The summed E-state index contributed by atoms with van der Waals surface area (Å²) in [6.45, 7) is 1.94. The van der Waals surface area contributed by atoms with Crippen molar-refractivity contribution in [1.29, 1.82) is 0 Å². The normalized spacial score (nSPS) is 14.4. The van der Waals surface area contributed by atoms with Gasteiger partial charge in [0.1, 0.15) is 0 Å². The van der Waals surface area contributed by atoms with Crippen LogP contribution in [0.4, 0.5) is 5.69 Å². The zero-order valence-electron chi connectivity index (χ0n) is 12.6. The molecule has 0 unspecified atom stereocenters. The third kappa shape index (κ3) is 4.07. The van der Waals surface area contributed by atoms with Crippen LogP contribution in [0.5, 0.6) is 0 Å². The summed E-state index contributed by atoms with van der Waals surface area (Å²) in [5.41, 5.74) is 0.499. The summed E-state index contributed by atoms with van der Waals surface area (Å²) in [6.07, 6.45) is 3.94. The number of benzene rings is 1. The van der Waals surface area contributed by atoms with E-state index >= 15 is 0 Å². The topological polar surface area (TPSA) is 84.5 Å². The van der Waals surface area contributed by atoms with Crippen molar-refractivity contribution in [3.8, 4) is 0 Å². The lowest BCUT2D eigenvalue weighted by Crippen LogP contribution is -2.40. The van der Waals surface area contributed by atoms with Crippen molar-refractivity contribution >= 4 is 23.5 Å². The summed E-state index contributed by atoms with van der Waals surface area (Å²) < 4.78 is 4.93. The van der Waals surface area contributed by atoms with Crippen molar-refractivity contribution in [3.05, 3.63) is 29.8 Å². The van der Waals surface area contributed by atoms with Crippen LogP contribution in [-0.4, -0.2) is 30.4 Å². The van der Waals surface area contributed by atoms with Crippen molar-refractivity contribution in [1.82, 2.24) is 5.32 Å². The zero-order chi connectivity index (χ0) is 15.9. The Balaban J connectivity index is 2.01. The Hall–Kier alpha value is -2.37. The van der Waals surface area contributed by atoms with Crippen LogP contribution in [0, 0.1) is 0 Å². The highest BCUT2D eigenvalue weighted by atomic mass is 16.5. The second kappa shape index (κ2) is 7.59. The maximum atomic E-state index is 12.0. The molecule has 6 nitrogen and oxygen atoms in total. The lowest BCUT2D eigenvalue weighted by Gasteiger charge is -2.13. The Labute approximate surface area is 129 Å². The molecule has 1 aromatic carbocycles. The summed E-state index contributed by atoms with van der Waals surface area (Å²) in [5.74, 6) is -1.98. The molecule has 0 spiro atoms. The van der Waals surface area contributed by atoms with Crippen LogP contribution >= 0.6 is 0 Å². The summed E-state index contributed by atoms with van der Waals surface area (Å²) in [5, 5.41) is 5.18. The predicted octanol–water partition coefficient (Wildman–Crippen LogP) is 1.86. The van der Waals surface area contributed by atoms with E-state index in [0.29, 0.717) is 0 Å². The van der Waals surface area contributed by atoms with E-state index in [1.54, 1.807) is 31.2 Å². The fourth-order valence-electron chi connectivity index (χ4n) is 2.48. The van der Waals surface area contributed by atoms with Crippen molar-refractivity contribution in [2.75, 3.05) is 11.9 Å². The number of nitrogens with one attached hydrogen (secondary N) is 2. The van der Waals surface area contributed by atoms with Crippen LogP contribution in [0.1, 0.15) is 43.0 Å². The molecule has 22 heavy (non-hydrogen) atoms. The lowest BCUT2D eigenvalue weighted by molar-refractivity contribution is -0.136. The van der Waals surface area contributed by atoms with Gasteiger partial charge in [0.2, 0.25) is 0 Å². The van der Waals surface area contributed by atoms with Gasteiger partial charge in [0, 0.05) is 6.04 Å². The van der Waals surface area contributed by atoms with Gasteiger partial charge in [0.25, 0.3) is 0 Å². The number of carbonyl (C=O) groups excluding carboxylic acids is 3. The largest absolute Gasteiger partial charge is 0.462 e. The first-order valence-electron chi connectivity index (χ1n) is 7.49. The summed E-state index contributed by atoms with van der Waals surface area (Å²) in [6, 6.07) is 6.52. The highest BCUT2D eigenvalue weighted by Gasteiger charge is 2.22. The van der Waals surface area contributed by atoms with Crippen molar-refractivity contribution in [3.63, 3.8) is 0 Å². The first-order chi connectivity index (χ1) is 10.6. The monoisotopic (exact) mass is 304 g/mol. The Morgan fingerprint density at radius 1 is 1.14 bits per heavy atom. The maximum Gasteiger partial charge on any atom is 0.340 e. The molecule has 2 rings (SSSR count). The van der Waals surface area contributed by atoms with E-state index in [-0.39, 0.29) is 23.9 Å². The molecule has 0 aliphatic heterocycles. The van der Waals surface area contributed by atoms with Crippen LogP contribution in [-0.2, 0) is 14.3 Å². The Morgan fingerprint density at radius 3 is 2.50 bits per heavy atom. The highest BCUT2D eigenvalue weighted by Crippen LogP contribution is 2.18. The van der Waals surface area contributed by atoms with E-state index in [1.807, 2.05) is 0 Å². The highest BCUT2D eigenvalue weighted by molar-refractivity contribution is 6.40. The van der Waals surface area contributed by atoms with Crippen LogP contribution in [0.15, 0.2) is 24.3 Å². The molecule has 0 heterocycles. The molecule has 2 amide bonds. The van der Waals surface area contributed by atoms with Crippen LogP contribution in [0.25, 0.3) is 0 Å². The molecule has 1 aliphatic carbocycles. The van der Waals surface area contributed by atoms with Gasteiger partial charge in [0.15, 0.2) is 0 Å². The molecular weight excluding hydrogens is 284 g/mol. The molecular formula is C16H20N2O4. The average Bonchev–Trinajstić information content (AvgIpc) is 3.01. The van der Waals surface area contributed by atoms with Gasteiger partial charge in [-0.3, -0.25) is 9.59 Å². The smallest absolute Gasteiger partial charge is 0.340 e. The Bertz CT molecular complexity index is 565. The minimum absolute atomic E-state index is 0.0681. The number of rotatable bonds is 4. The van der Waals surface area contributed by atoms with Crippen LogP contribution < -0.4 is 10.6 Å². The van der Waals surface area contributed by atoms with Crippen molar-refractivity contribution in [2.45, 2.75) is 38.6 Å². The minimum atomic E-state index is -0.774. The van der Waals surface area contributed by atoms with Crippen molar-refractivity contribution in [2.24, 2.45) is 0 Å². The molecule has 0 bridgehead atoms. The fourth-order valence-corrected chi connectivity index (χ4v) is 2.48. The number of ether oxygens (including phenoxy) is 1. The number of anilines is 1. The maximum absolute atomic E-state index is 12.0. The van der Waals surface area contributed by atoms with Crippen molar-refractivity contribution < 1.29 is 19.1 Å². The average molecular weight is 304 g/mol. The molecule has 0 aromatic heterocycles. The summed E-state index contributed by atoms with van der Waals surface area (Å²) >= 11 is 0. The standard InChI is InChI=1S/C16H20N2O4/c1-2-22-16(21)12-9-5-6-10-13(12)18-15(20)14(19)17-11-7-3-4-8-11/h5-6,9-11H,2-4,7-8H2,1H3,(H,17,19)(H,18,20). The summed E-state index contributed by atoms with van der Waals surface area (Å²) in [4.78, 5) is 35.6. The van der Waals surface area contributed by atoms with E-state index in [9.17, 15) is 14.4 Å². The van der Waals surface area contributed by atoms with Crippen LogP contribution in [0.3, 0.4) is 0 Å². The molecule has 1 fully saturated rings. The molecule has 1 aliphatic rings. The van der Waals surface area contributed by atoms with E-state index in [0.717, 1.165) is 25.7 Å². The quantitative estimate of drug-likeness (QED) is 0.657. The molecule has 1 saturated carbocycles. The third-order valence-corrected chi connectivity index (χ3v) is 3.57.